The Morgan fingerprint density at radius 2 is 1.92 bits per heavy atom. The van der Waals surface area contributed by atoms with Gasteiger partial charge in [0.1, 0.15) is 0 Å². The predicted octanol–water partition coefficient (Wildman–Crippen LogP) is 4.01. The summed E-state index contributed by atoms with van der Waals surface area (Å²) >= 11 is 5.35. The van der Waals surface area contributed by atoms with E-state index in [-0.39, 0.29) is 5.97 Å². The van der Waals surface area contributed by atoms with Gasteiger partial charge in [-0.25, -0.2) is 4.79 Å². The van der Waals surface area contributed by atoms with Crippen molar-refractivity contribution < 1.29 is 9.53 Å². The summed E-state index contributed by atoms with van der Waals surface area (Å²) in [7, 11) is 1.38. The average molecular weight is 356 g/mol. The van der Waals surface area contributed by atoms with Crippen LogP contribution in [0.2, 0.25) is 0 Å². The zero-order valence-electron chi connectivity index (χ0n) is 14.9. The van der Waals surface area contributed by atoms with E-state index >= 15 is 0 Å². The van der Waals surface area contributed by atoms with Crippen molar-refractivity contribution in [3.05, 3.63) is 64.7 Å². The van der Waals surface area contributed by atoms with Crippen LogP contribution >= 0.6 is 12.2 Å². The molecule has 0 atom stereocenters. The maximum absolute atomic E-state index is 11.7. The number of hydrogen-bond donors (Lipinski definition) is 2. The third kappa shape index (κ3) is 5.57. The number of esters is 1. The van der Waals surface area contributed by atoms with Crippen LogP contribution < -0.4 is 10.6 Å². The standard InChI is InChI=1S/C20H24N2O2S/c1-14-7-4-8-16(13-14)9-6-12-21-20(25)22-18-11-5-10-17(15(18)2)19(23)24-3/h4-5,7-8,10-11,13H,6,9,12H2,1-3H3,(H2,21,22,25). The lowest BCUT2D eigenvalue weighted by molar-refractivity contribution is 0.0600. The number of benzene rings is 2. The van der Waals surface area contributed by atoms with Crippen molar-refractivity contribution in [3.8, 4) is 0 Å². The van der Waals surface area contributed by atoms with Gasteiger partial charge in [0.05, 0.1) is 12.7 Å². The number of methoxy groups -OCH3 is 1. The SMILES string of the molecule is COC(=O)c1cccc(NC(=S)NCCCc2cccc(C)c2)c1C. The fourth-order valence-corrected chi connectivity index (χ4v) is 2.84. The molecule has 0 spiro atoms. The van der Waals surface area contributed by atoms with Gasteiger partial charge in [-0.2, -0.15) is 0 Å². The third-order valence-electron chi connectivity index (χ3n) is 4.00. The highest BCUT2D eigenvalue weighted by atomic mass is 32.1. The Morgan fingerprint density at radius 3 is 2.64 bits per heavy atom. The van der Waals surface area contributed by atoms with E-state index in [0.29, 0.717) is 10.7 Å². The smallest absolute Gasteiger partial charge is 0.338 e. The molecule has 0 unspecified atom stereocenters. The van der Waals surface area contributed by atoms with Gasteiger partial charge in [-0.15, -0.1) is 0 Å². The first kappa shape index (κ1) is 18.9. The van der Waals surface area contributed by atoms with Crippen LogP contribution in [-0.4, -0.2) is 24.7 Å². The average Bonchev–Trinajstić information content (AvgIpc) is 2.60. The van der Waals surface area contributed by atoms with Gasteiger partial charge in [-0.05, 0) is 62.2 Å². The minimum atomic E-state index is -0.349. The van der Waals surface area contributed by atoms with Crippen molar-refractivity contribution in [2.75, 3.05) is 19.0 Å². The fraction of sp³-hybridized carbons (Fsp3) is 0.300. The second-order valence-corrected chi connectivity index (χ2v) is 6.35. The van der Waals surface area contributed by atoms with Crippen LogP contribution in [0.1, 0.15) is 33.5 Å². The number of thiocarbonyl (C=S) groups is 1. The normalized spacial score (nSPS) is 10.2. The molecule has 2 rings (SSSR count). The maximum Gasteiger partial charge on any atom is 0.338 e. The zero-order valence-corrected chi connectivity index (χ0v) is 15.7. The van der Waals surface area contributed by atoms with Gasteiger partial charge >= 0.3 is 5.97 Å². The number of rotatable bonds is 6. The highest BCUT2D eigenvalue weighted by Gasteiger charge is 2.12. The molecule has 0 amide bonds. The van der Waals surface area contributed by atoms with Crippen molar-refractivity contribution in [3.63, 3.8) is 0 Å². The first-order valence-corrected chi connectivity index (χ1v) is 8.70. The molecular weight excluding hydrogens is 332 g/mol. The molecule has 0 aliphatic heterocycles. The highest BCUT2D eigenvalue weighted by Crippen LogP contribution is 2.19. The molecule has 5 heteroatoms. The lowest BCUT2D eigenvalue weighted by Crippen LogP contribution is -2.30. The van der Waals surface area contributed by atoms with Gasteiger partial charge in [0.2, 0.25) is 0 Å². The molecule has 0 saturated carbocycles. The minimum absolute atomic E-state index is 0.349. The second kappa shape index (κ2) is 9.18. The lowest BCUT2D eigenvalue weighted by Gasteiger charge is -2.14. The van der Waals surface area contributed by atoms with Crippen LogP contribution in [0.5, 0.6) is 0 Å². The Morgan fingerprint density at radius 1 is 1.16 bits per heavy atom. The van der Waals surface area contributed by atoms with Crippen molar-refractivity contribution in [2.24, 2.45) is 0 Å². The number of aryl methyl sites for hydroxylation is 2. The van der Waals surface area contributed by atoms with Crippen LogP contribution in [0, 0.1) is 13.8 Å². The molecule has 0 radical (unpaired) electrons. The molecule has 2 N–H and O–H groups in total. The summed E-state index contributed by atoms with van der Waals surface area (Å²) in [5.41, 5.74) is 4.78. The van der Waals surface area contributed by atoms with Crippen LogP contribution in [0.3, 0.4) is 0 Å². The van der Waals surface area contributed by atoms with Gasteiger partial charge in [0.25, 0.3) is 0 Å². The van der Waals surface area contributed by atoms with Gasteiger partial charge in [0, 0.05) is 12.2 Å². The van der Waals surface area contributed by atoms with Crippen molar-refractivity contribution in [1.29, 1.82) is 0 Å². The Hall–Kier alpha value is -2.40. The van der Waals surface area contributed by atoms with Crippen molar-refractivity contribution in [1.82, 2.24) is 5.32 Å². The van der Waals surface area contributed by atoms with Crippen molar-refractivity contribution in [2.45, 2.75) is 26.7 Å². The summed E-state index contributed by atoms with van der Waals surface area (Å²) in [5, 5.41) is 6.91. The van der Waals surface area contributed by atoms with E-state index < -0.39 is 0 Å². The largest absolute Gasteiger partial charge is 0.465 e. The van der Waals surface area contributed by atoms with Gasteiger partial charge in [-0.1, -0.05) is 35.9 Å². The summed E-state index contributed by atoms with van der Waals surface area (Å²) in [5.74, 6) is -0.349. The molecule has 4 nitrogen and oxygen atoms in total. The molecule has 2 aromatic carbocycles. The molecule has 2 aromatic rings. The van der Waals surface area contributed by atoms with Crippen LogP contribution in [-0.2, 0) is 11.2 Å². The first-order valence-electron chi connectivity index (χ1n) is 8.29. The minimum Gasteiger partial charge on any atom is -0.465 e. The summed E-state index contributed by atoms with van der Waals surface area (Å²) in [4.78, 5) is 11.7. The predicted molar refractivity (Wildman–Crippen MR) is 106 cm³/mol. The molecule has 0 fully saturated rings. The zero-order chi connectivity index (χ0) is 18.2. The molecule has 0 aromatic heterocycles. The second-order valence-electron chi connectivity index (χ2n) is 5.94. The van der Waals surface area contributed by atoms with E-state index in [2.05, 4.69) is 41.8 Å². The fourth-order valence-electron chi connectivity index (χ4n) is 2.63. The summed E-state index contributed by atoms with van der Waals surface area (Å²) < 4.78 is 4.79. The lowest BCUT2D eigenvalue weighted by atomic mass is 10.1. The van der Waals surface area contributed by atoms with E-state index in [0.717, 1.165) is 30.6 Å². The van der Waals surface area contributed by atoms with E-state index in [1.165, 1.54) is 18.2 Å². The monoisotopic (exact) mass is 356 g/mol. The van der Waals surface area contributed by atoms with Crippen LogP contribution in [0.15, 0.2) is 42.5 Å². The summed E-state index contributed by atoms with van der Waals surface area (Å²) in [6.07, 6.45) is 2.00. The summed E-state index contributed by atoms with van der Waals surface area (Å²) in [6, 6.07) is 14.0. The van der Waals surface area contributed by atoms with E-state index in [9.17, 15) is 4.79 Å². The number of hydrogen-bond acceptors (Lipinski definition) is 3. The molecule has 0 bridgehead atoms. The molecular formula is C20H24N2O2S. The topological polar surface area (TPSA) is 50.4 Å². The van der Waals surface area contributed by atoms with Gasteiger partial charge < -0.3 is 15.4 Å². The van der Waals surface area contributed by atoms with E-state index in [4.69, 9.17) is 17.0 Å². The Labute approximate surface area is 154 Å². The molecule has 0 saturated heterocycles. The number of nitrogens with one attached hydrogen (secondary N) is 2. The molecule has 0 aliphatic rings. The number of carbonyl (C=O) groups is 1. The quantitative estimate of drug-likeness (QED) is 0.465. The summed E-state index contributed by atoms with van der Waals surface area (Å²) in [6.45, 7) is 4.76. The van der Waals surface area contributed by atoms with Crippen LogP contribution in [0.4, 0.5) is 5.69 Å². The number of ether oxygens (including phenoxy) is 1. The number of carbonyl (C=O) groups excluding carboxylic acids is 1. The third-order valence-corrected chi connectivity index (χ3v) is 4.24. The molecule has 0 heterocycles. The van der Waals surface area contributed by atoms with Crippen LogP contribution in [0.25, 0.3) is 0 Å². The Bertz CT molecular complexity index is 759. The molecule has 0 aliphatic carbocycles. The van der Waals surface area contributed by atoms with Crippen molar-refractivity contribution >= 4 is 29.0 Å². The van der Waals surface area contributed by atoms with Gasteiger partial charge in [0.15, 0.2) is 5.11 Å². The Kier molecular flexibility index (Phi) is 6.95. The van der Waals surface area contributed by atoms with E-state index in [1.807, 2.05) is 19.1 Å². The maximum atomic E-state index is 11.7. The molecule has 132 valence electrons. The Balaban J connectivity index is 1.83. The highest BCUT2D eigenvalue weighted by molar-refractivity contribution is 7.80. The molecule has 25 heavy (non-hydrogen) atoms. The number of anilines is 1. The van der Waals surface area contributed by atoms with Gasteiger partial charge in [-0.3, -0.25) is 0 Å². The van der Waals surface area contributed by atoms with E-state index in [1.54, 1.807) is 6.07 Å². The first-order chi connectivity index (χ1) is 12.0.